The second-order valence-corrected chi connectivity index (χ2v) is 5.37. The molecule has 1 heterocycles. The minimum Gasteiger partial charge on any atom is -0.473 e. The van der Waals surface area contributed by atoms with Crippen LogP contribution < -0.4 is 5.73 Å². The first kappa shape index (κ1) is 19.9. The summed E-state index contributed by atoms with van der Waals surface area (Å²) in [4.78, 5) is 31.7. The van der Waals surface area contributed by atoms with Crippen molar-refractivity contribution in [1.29, 1.82) is 5.41 Å². The van der Waals surface area contributed by atoms with E-state index in [9.17, 15) is 4.79 Å². The highest BCUT2D eigenvalue weighted by Gasteiger charge is 2.25. The summed E-state index contributed by atoms with van der Waals surface area (Å²) >= 11 is 0. The summed E-state index contributed by atoms with van der Waals surface area (Å²) in [7, 11) is 0. The second-order valence-electron chi connectivity index (χ2n) is 5.37. The van der Waals surface area contributed by atoms with E-state index >= 15 is 0 Å². The van der Waals surface area contributed by atoms with E-state index in [1.165, 1.54) is 0 Å². The molecule has 1 aromatic carbocycles. The maximum absolute atomic E-state index is 11.9. The zero-order chi connectivity index (χ0) is 18.8. The molecule has 0 saturated carbocycles. The number of carboxylic acid groups (broad SMARTS) is 2. The first-order valence-electron chi connectivity index (χ1n) is 7.57. The molecule has 25 heavy (non-hydrogen) atoms. The Labute approximate surface area is 144 Å². The van der Waals surface area contributed by atoms with Gasteiger partial charge in [-0.1, -0.05) is 30.3 Å². The fourth-order valence-electron chi connectivity index (χ4n) is 2.18. The van der Waals surface area contributed by atoms with Gasteiger partial charge >= 0.3 is 18.0 Å². The number of nitrogens with two attached hydrogens (primary N) is 1. The summed E-state index contributed by atoms with van der Waals surface area (Å²) in [6.45, 7) is 1.52. The van der Waals surface area contributed by atoms with Crippen molar-refractivity contribution in [3.8, 4) is 0 Å². The number of carbonyl (C=O) groups excluding carboxylic acids is 1. The van der Waals surface area contributed by atoms with Gasteiger partial charge in [0, 0.05) is 19.0 Å². The van der Waals surface area contributed by atoms with Gasteiger partial charge in [0.15, 0.2) is 0 Å². The van der Waals surface area contributed by atoms with Crippen molar-refractivity contribution >= 4 is 23.9 Å². The summed E-state index contributed by atoms with van der Waals surface area (Å²) in [5.41, 5.74) is 6.45. The van der Waals surface area contributed by atoms with Crippen molar-refractivity contribution in [3.05, 3.63) is 35.9 Å². The molecule has 0 aliphatic carbocycles. The SMILES string of the molecule is N=C(N)C1CCN(C(=O)OCc2ccccc2)CC1.O=C(O)C(=O)O. The van der Waals surface area contributed by atoms with Crippen LogP contribution in [0.1, 0.15) is 18.4 Å². The number of carbonyl (C=O) groups is 3. The van der Waals surface area contributed by atoms with Crippen molar-refractivity contribution < 1.29 is 29.3 Å². The van der Waals surface area contributed by atoms with Gasteiger partial charge in [0.25, 0.3) is 0 Å². The van der Waals surface area contributed by atoms with E-state index < -0.39 is 11.9 Å². The number of carboxylic acids is 2. The highest BCUT2D eigenvalue weighted by Crippen LogP contribution is 2.17. The lowest BCUT2D eigenvalue weighted by atomic mass is 9.96. The average molecular weight is 351 g/mol. The number of hydrogen-bond donors (Lipinski definition) is 4. The van der Waals surface area contributed by atoms with E-state index in [0.29, 0.717) is 19.7 Å². The zero-order valence-corrected chi connectivity index (χ0v) is 13.6. The van der Waals surface area contributed by atoms with Gasteiger partial charge in [-0.15, -0.1) is 0 Å². The summed E-state index contributed by atoms with van der Waals surface area (Å²) in [6.07, 6.45) is 1.21. The third kappa shape index (κ3) is 7.34. The maximum Gasteiger partial charge on any atom is 0.414 e. The highest BCUT2D eigenvalue weighted by molar-refractivity contribution is 6.27. The van der Waals surface area contributed by atoms with Gasteiger partial charge in [-0.25, -0.2) is 14.4 Å². The molecular formula is C16H21N3O6. The Kier molecular flexibility index (Phi) is 7.91. The van der Waals surface area contributed by atoms with E-state index in [-0.39, 0.29) is 17.8 Å². The van der Waals surface area contributed by atoms with Crippen LogP contribution in [0.15, 0.2) is 30.3 Å². The molecule has 0 aromatic heterocycles. The summed E-state index contributed by atoms with van der Waals surface area (Å²) < 4.78 is 5.27. The fourth-order valence-corrected chi connectivity index (χ4v) is 2.18. The Morgan fingerprint density at radius 3 is 2.08 bits per heavy atom. The number of piperidine rings is 1. The normalized spacial score (nSPS) is 14.0. The molecular weight excluding hydrogens is 330 g/mol. The van der Waals surface area contributed by atoms with E-state index in [1.807, 2.05) is 30.3 Å². The number of benzene rings is 1. The molecule has 0 unspecified atom stereocenters. The van der Waals surface area contributed by atoms with E-state index in [2.05, 4.69) is 0 Å². The number of amidine groups is 1. The molecule has 9 heteroatoms. The average Bonchev–Trinajstić information content (AvgIpc) is 2.61. The number of rotatable bonds is 3. The van der Waals surface area contributed by atoms with Crippen LogP contribution in [0.5, 0.6) is 0 Å². The van der Waals surface area contributed by atoms with Crippen LogP contribution in [-0.4, -0.2) is 52.1 Å². The molecule has 1 aromatic rings. The van der Waals surface area contributed by atoms with Crippen LogP contribution in [0.2, 0.25) is 0 Å². The van der Waals surface area contributed by atoms with Gasteiger partial charge in [0.05, 0.1) is 5.84 Å². The number of nitrogens with one attached hydrogen (secondary N) is 1. The quantitative estimate of drug-likeness (QED) is 0.361. The Hall–Kier alpha value is -3.10. The van der Waals surface area contributed by atoms with E-state index in [0.717, 1.165) is 18.4 Å². The third-order valence-electron chi connectivity index (χ3n) is 3.58. The van der Waals surface area contributed by atoms with Crippen LogP contribution >= 0.6 is 0 Å². The summed E-state index contributed by atoms with van der Waals surface area (Å²) in [5, 5.41) is 22.2. The Balaban J connectivity index is 0.000000450. The minimum atomic E-state index is -1.82. The van der Waals surface area contributed by atoms with Crippen molar-refractivity contribution in [2.45, 2.75) is 19.4 Å². The number of amides is 1. The van der Waals surface area contributed by atoms with Crippen LogP contribution in [0.25, 0.3) is 0 Å². The minimum absolute atomic E-state index is 0.109. The number of aliphatic carboxylic acids is 2. The van der Waals surface area contributed by atoms with E-state index in [4.69, 9.17) is 35.7 Å². The topological polar surface area (TPSA) is 154 Å². The molecule has 0 radical (unpaired) electrons. The van der Waals surface area contributed by atoms with Gasteiger partial charge in [0.1, 0.15) is 6.61 Å². The fraction of sp³-hybridized carbons (Fsp3) is 0.375. The van der Waals surface area contributed by atoms with Gasteiger partial charge in [0.2, 0.25) is 0 Å². The molecule has 0 bridgehead atoms. The van der Waals surface area contributed by atoms with Crippen LogP contribution in [0.3, 0.4) is 0 Å². The molecule has 0 atom stereocenters. The van der Waals surface area contributed by atoms with Crippen molar-refractivity contribution in [1.82, 2.24) is 4.90 Å². The molecule has 1 aliphatic heterocycles. The van der Waals surface area contributed by atoms with Gasteiger partial charge < -0.3 is 25.6 Å². The lowest BCUT2D eigenvalue weighted by molar-refractivity contribution is -0.159. The van der Waals surface area contributed by atoms with Crippen LogP contribution in [0.4, 0.5) is 4.79 Å². The summed E-state index contributed by atoms with van der Waals surface area (Å²) in [5.74, 6) is -3.32. The standard InChI is InChI=1S/C14H19N3O2.C2H2O4/c15-13(16)12-6-8-17(9-7-12)14(18)19-10-11-4-2-1-3-5-11;3-1(4)2(5)6/h1-5,12H,6-10H2,(H3,15,16);(H,3,4)(H,5,6). The van der Waals surface area contributed by atoms with Gasteiger partial charge in [-0.2, -0.15) is 0 Å². The Bertz CT molecular complexity index is 600. The van der Waals surface area contributed by atoms with Gasteiger partial charge in [-0.3, -0.25) is 5.41 Å². The lowest BCUT2D eigenvalue weighted by Gasteiger charge is -2.30. The molecule has 1 fully saturated rings. The molecule has 1 aliphatic rings. The number of nitrogens with zero attached hydrogens (tertiary/aromatic N) is 1. The predicted molar refractivity (Wildman–Crippen MR) is 88.1 cm³/mol. The number of hydrogen-bond acceptors (Lipinski definition) is 5. The number of likely N-dealkylation sites (tertiary alicyclic amines) is 1. The Morgan fingerprint density at radius 2 is 1.64 bits per heavy atom. The molecule has 9 nitrogen and oxygen atoms in total. The van der Waals surface area contributed by atoms with Crippen LogP contribution in [-0.2, 0) is 20.9 Å². The molecule has 136 valence electrons. The Morgan fingerprint density at radius 1 is 1.12 bits per heavy atom. The molecule has 5 N–H and O–H groups in total. The maximum atomic E-state index is 11.9. The largest absolute Gasteiger partial charge is 0.473 e. The monoisotopic (exact) mass is 351 g/mol. The predicted octanol–water partition coefficient (Wildman–Crippen LogP) is 1.13. The van der Waals surface area contributed by atoms with Crippen LogP contribution in [0, 0.1) is 11.3 Å². The smallest absolute Gasteiger partial charge is 0.414 e. The first-order chi connectivity index (χ1) is 11.8. The summed E-state index contributed by atoms with van der Waals surface area (Å²) in [6, 6.07) is 9.62. The lowest BCUT2D eigenvalue weighted by Crippen LogP contribution is -2.41. The number of ether oxygens (including phenoxy) is 1. The zero-order valence-electron chi connectivity index (χ0n) is 13.6. The molecule has 1 saturated heterocycles. The molecule has 0 spiro atoms. The van der Waals surface area contributed by atoms with E-state index in [1.54, 1.807) is 4.90 Å². The second kappa shape index (κ2) is 9.91. The first-order valence-corrected chi connectivity index (χ1v) is 7.57. The van der Waals surface area contributed by atoms with Crippen molar-refractivity contribution in [2.75, 3.05) is 13.1 Å². The molecule has 1 amide bonds. The molecule has 2 rings (SSSR count). The van der Waals surface area contributed by atoms with Gasteiger partial charge in [-0.05, 0) is 18.4 Å². The highest BCUT2D eigenvalue weighted by atomic mass is 16.6. The third-order valence-corrected chi connectivity index (χ3v) is 3.58. The van der Waals surface area contributed by atoms with Crippen molar-refractivity contribution in [2.24, 2.45) is 11.7 Å². The van der Waals surface area contributed by atoms with Crippen molar-refractivity contribution in [3.63, 3.8) is 0 Å².